The monoisotopic (exact) mass is 258 g/mol. The molecule has 2 radical (unpaired) electrons. The highest BCUT2D eigenvalue weighted by molar-refractivity contribution is 6.11. The Kier molecular flexibility index (Phi) is 4.75. The van der Waals surface area contributed by atoms with Crippen molar-refractivity contribution in [1.82, 2.24) is 4.90 Å². The maximum atomic E-state index is 6.24. The van der Waals surface area contributed by atoms with Gasteiger partial charge in [0.05, 0.1) is 7.85 Å². The topological polar surface area (TPSA) is 15.6 Å². The van der Waals surface area contributed by atoms with Crippen molar-refractivity contribution in [2.75, 3.05) is 0 Å². The molecule has 1 aliphatic carbocycles. The second kappa shape index (κ2) is 6.15. The molecule has 0 aromatic rings. The van der Waals surface area contributed by atoms with Crippen LogP contribution in [0.2, 0.25) is 5.82 Å². The summed E-state index contributed by atoms with van der Waals surface area (Å²) in [6.45, 7) is 8.86. The largest absolute Gasteiger partial charge is 0.331 e. The lowest BCUT2D eigenvalue weighted by molar-refractivity contribution is 0.404. The normalized spacial score (nSPS) is 27.2. The minimum absolute atomic E-state index is 0.345. The predicted molar refractivity (Wildman–Crippen MR) is 83.8 cm³/mol. The first-order valence-corrected chi connectivity index (χ1v) is 7.81. The van der Waals surface area contributed by atoms with Crippen molar-refractivity contribution < 1.29 is 0 Å². The van der Waals surface area contributed by atoms with Crippen molar-refractivity contribution in [2.24, 2.45) is 4.99 Å². The lowest BCUT2D eigenvalue weighted by atomic mass is 9.76. The molecular weight excluding hydrogens is 231 g/mol. The molecule has 0 N–H and O–H groups in total. The first kappa shape index (κ1) is 14.7. The van der Waals surface area contributed by atoms with Gasteiger partial charge in [-0.1, -0.05) is 18.7 Å². The molecule has 3 heteroatoms. The summed E-state index contributed by atoms with van der Waals surface area (Å²) in [6.07, 6.45) is 7.01. The average molecular weight is 258 g/mol. The van der Waals surface area contributed by atoms with Gasteiger partial charge in [0.25, 0.3) is 0 Å². The zero-order chi connectivity index (χ0) is 14.0. The molecule has 0 bridgehead atoms. The molecule has 2 nitrogen and oxygen atoms in total. The van der Waals surface area contributed by atoms with Crippen LogP contribution < -0.4 is 0 Å². The van der Waals surface area contributed by atoms with E-state index >= 15 is 0 Å². The Hall–Kier alpha value is -0.725. The standard InChI is InChI=1S/C16H27BN2/c1-11(2)18-16-10-13-9-14(17)7-5-6-8-15(13)19(16)12(3)4/h11-12,14H,5-10H2,1-4H3. The van der Waals surface area contributed by atoms with Crippen LogP contribution in [0.4, 0.5) is 0 Å². The number of nitrogens with zero attached hydrogens (tertiary/aromatic N) is 2. The molecule has 2 rings (SSSR count). The second-order valence-electron chi connectivity index (χ2n) is 6.54. The van der Waals surface area contributed by atoms with Gasteiger partial charge in [-0.05, 0) is 52.5 Å². The lowest BCUT2D eigenvalue weighted by Crippen LogP contribution is -2.33. The van der Waals surface area contributed by atoms with Crippen LogP contribution in [-0.2, 0) is 0 Å². The third kappa shape index (κ3) is 3.43. The van der Waals surface area contributed by atoms with E-state index in [0.29, 0.717) is 17.9 Å². The van der Waals surface area contributed by atoms with Gasteiger partial charge in [0.1, 0.15) is 5.84 Å². The Bertz CT molecular complexity index is 382. The highest BCUT2D eigenvalue weighted by Gasteiger charge is 2.31. The molecule has 19 heavy (non-hydrogen) atoms. The summed E-state index contributed by atoms with van der Waals surface area (Å²) >= 11 is 0. The summed E-state index contributed by atoms with van der Waals surface area (Å²) in [7, 11) is 6.24. The highest BCUT2D eigenvalue weighted by atomic mass is 15.2. The first-order valence-electron chi connectivity index (χ1n) is 7.81. The van der Waals surface area contributed by atoms with Gasteiger partial charge in [0.2, 0.25) is 0 Å². The Labute approximate surface area is 119 Å². The van der Waals surface area contributed by atoms with E-state index in [1.54, 1.807) is 5.57 Å². The summed E-state index contributed by atoms with van der Waals surface area (Å²) < 4.78 is 0. The van der Waals surface area contributed by atoms with Crippen molar-refractivity contribution >= 4 is 13.7 Å². The predicted octanol–water partition coefficient (Wildman–Crippen LogP) is 4.08. The summed E-state index contributed by atoms with van der Waals surface area (Å²) in [5.41, 5.74) is 3.09. The third-order valence-electron chi connectivity index (χ3n) is 4.02. The third-order valence-corrected chi connectivity index (χ3v) is 4.02. The van der Waals surface area contributed by atoms with E-state index in [2.05, 4.69) is 32.6 Å². The van der Waals surface area contributed by atoms with Crippen LogP contribution >= 0.6 is 0 Å². The number of rotatable bonds is 2. The number of amidine groups is 1. The second-order valence-corrected chi connectivity index (χ2v) is 6.54. The zero-order valence-electron chi connectivity index (χ0n) is 12.9. The molecule has 0 fully saturated rings. The fourth-order valence-electron chi connectivity index (χ4n) is 3.32. The summed E-state index contributed by atoms with van der Waals surface area (Å²) in [6, 6.07) is 0.872. The Morgan fingerprint density at radius 2 is 1.95 bits per heavy atom. The molecular formula is C16H27BN2. The minimum atomic E-state index is 0.345. The van der Waals surface area contributed by atoms with Crippen LogP contribution in [0.5, 0.6) is 0 Å². The molecule has 0 saturated heterocycles. The van der Waals surface area contributed by atoms with E-state index in [0.717, 1.165) is 12.8 Å². The summed E-state index contributed by atoms with van der Waals surface area (Å²) in [4.78, 5) is 7.33. The van der Waals surface area contributed by atoms with Crippen LogP contribution in [0.1, 0.15) is 66.2 Å². The Morgan fingerprint density at radius 1 is 1.21 bits per heavy atom. The lowest BCUT2D eigenvalue weighted by Gasteiger charge is -2.29. The van der Waals surface area contributed by atoms with Crippen molar-refractivity contribution in [3.8, 4) is 0 Å². The van der Waals surface area contributed by atoms with Crippen LogP contribution in [0.15, 0.2) is 16.3 Å². The van der Waals surface area contributed by atoms with E-state index in [-0.39, 0.29) is 0 Å². The van der Waals surface area contributed by atoms with Crippen molar-refractivity contribution in [3.05, 3.63) is 11.3 Å². The molecule has 1 heterocycles. The van der Waals surface area contributed by atoms with Gasteiger partial charge in [0.15, 0.2) is 0 Å². The molecule has 1 aliphatic heterocycles. The zero-order valence-corrected chi connectivity index (χ0v) is 12.9. The van der Waals surface area contributed by atoms with Crippen molar-refractivity contribution in [2.45, 2.75) is 84.1 Å². The maximum Gasteiger partial charge on any atom is 0.108 e. The number of hydrogen-bond donors (Lipinski definition) is 0. The Balaban J connectivity index is 2.29. The first-order chi connectivity index (χ1) is 8.99. The number of allylic oxidation sites excluding steroid dienone is 1. The van der Waals surface area contributed by atoms with Gasteiger partial charge in [-0.15, -0.1) is 0 Å². The smallest absolute Gasteiger partial charge is 0.108 e. The van der Waals surface area contributed by atoms with Crippen molar-refractivity contribution in [3.63, 3.8) is 0 Å². The van der Waals surface area contributed by atoms with Gasteiger partial charge in [-0.2, -0.15) is 0 Å². The van der Waals surface area contributed by atoms with Gasteiger partial charge in [-0.3, -0.25) is 4.99 Å². The highest BCUT2D eigenvalue weighted by Crippen LogP contribution is 2.38. The van der Waals surface area contributed by atoms with E-state index in [4.69, 9.17) is 12.8 Å². The van der Waals surface area contributed by atoms with Crippen LogP contribution in [-0.4, -0.2) is 30.7 Å². The quantitative estimate of drug-likeness (QED) is 0.681. The van der Waals surface area contributed by atoms with Crippen LogP contribution in [0.3, 0.4) is 0 Å². The molecule has 104 valence electrons. The average Bonchev–Trinajstić information content (AvgIpc) is 2.58. The molecule has 2 aliphatic rings. The van der Waals surface area contributed by atoms with E-state index < -0.39 is 0 Å². The number of aliphatic imine (C=N–C) groups is 1. The molecule has 0 amide bonds. The molecule has 0 aromatic carbocycles. The van der Waals surface area contributed by atoms with Gasteiger partial charge in [0, 0.05) is 24.2 Å². The maximum absolute atomic E-state index is 6.24. The van der Waals surface area contributed by atoms with E-state index in [1.807, 2.05) is 0 Å². The van der Waals surface area contributed by atoms with E-state index in [1.165, 1.54) is 37.2 Å². The molecule has 0 saturated carbocycles. The number of hydrogen-bond acceptors (Lipinski definition) is 1. The minimum Gasteiger partial charge on any atom is -0.331 e. The molecule has 1 atom stereocenters. The molecule has 0 aromatic heterocycles. The Morgan fingerprint density at radius 3 is 2.58 bits per heavy atom. The van der Waals surface area contributed by atoms with Crippen LogP contribution in [0, 0.1) is 0 Å². The van der Waals surface area contributed by atoms with Crippen LogP contribution in [0.25, 0.3) is 0 Å². The molecule has 1 unspecified atom stereocenters. The molecule has 0 spiro atoms. The SMILES string of the molecule is [B]C1CCCCC2=C(CC(=NC(C)C)N2C(C)C)C1. The summed E-state index contributed by atoms with van der Waals surface area (Å²) in [5.74, 6) is 1.61. The fraction of sp³-hybridized carbons (Fsp3) is 0.812. The van der Waals surface area contributed by atoms with Crippen molar-refractivity contribution in [1.29, 1.82) is 0 Å². The van der Waals surface area contributed by atoms with Gasteiger partial charge >= 0.3 is 0 Å². The van der Waals surface area contributed by atoms with Gasteiger partial charge in [-0.25, -0.2) is 0 Å². The fourth-order valence-corrected chi connectivity index (χ4v) is 3.32. The van der Waals surface area contributed by atoms with Gasteiger partial charge < -0.3 is 4.90 Å². The van der Waals surface area contributed by atoms with E-state index in [9.17, 15) is 0 Å². The summed E-state index contributed by atoms with van der Waals surface area (Å²) in [5, 5.41) is 0.